The third-order valence-corrected chi connectivity index (χ3v) is 5.15. The van der Waals surface area contributed by atoms with Gasteiger partial charge in [0.1, 0.15) is 12.4 Å². The molecule has 1 amide bonds. The zero-order chi connectivity index (χ0) is 17.9. The van der Waals surface area contributed by atoms with E-state index in [0.717, 1.165) is 48.8 Å². The molecule has 1 aromatic carbocycles. The van der Waals surface area contributed by atoms with Crippen molar-refractivity contribution < 1.29 is 14.3 Å². The zero-order valence-electron chi connectivity index (χ0n) is 15.0. The molecule has 2 aliphatic rings. The van der Waals surface area contributed by atoms with Crippen LogP contribution in [0.2, 0.25) is 0 Å². The summed E-state index contributed by atoms with van der Waals surface area (Å²) in [7, 11) is 1.62. The molecule has 2 aromatic rings. The van der Waals surface area contributed by atoms with E-state index in [-0.39, 0.29) is 11.8 Å². The Labute approximate surface area is 152 Å². The van der Waals surface area contributed by atoms with Gasteiger partial charge in [0.15, 0.2) is 17.3 Å². The lowest BCUT2D eigenvalue weighted by molar-refractivity contribution is -0.126. The average molecular weight is 356 g/mol. The summed E-state index contributed by atoms with van der Waals surface area (Å²) in [6.45, 7) is 1.71. The number of nitrogens with one attached hydrogen (secondary N) is 1. The molecular weight excluding hydrogens is 332 g/mol. The number of methoxy groups -OCH3 is 1. The fourth-order valence-electron chi connectivity index (χ4n) is 3.71. The lowest BCUT2D eigenvalue weighted by Crippen LogP contribution is -2.37. The van der Waals surface area contributed by atoms with Crippen molar-refractivity contribution in [2.75, 3.05) is 13.7 Å². The van der Waals surface area contributed by atoms with Crippen LogP contribution in [0, 0.1) is 5.92 Å². The number of benzene rings is 1. The first-order valence-corrected chi connectivity index (χ1v) is 9.23. The number of hydrogen-bond donors (Lipinski definition) is 1. The average Bonchev–Trinajstić information content (AvgIpc) is 2.91. The third kappa shape index (κ3) is 3.25. The molecule has 7 nitrogen and oxygen atoms in total. The Kier molecular flexibility index (Phi) is 4.77. The van der Waals surface area contributed by atoms with Gasteiger partial charge in [-0.25, -0.2) is 0 Å². The summed E-state index contributed by atoms with van der Waals surface area (Å²) in [5.74, 6) is 3.13. The molecule has 3 heterocycles. The summed E-state index contributed by atoms with van der Waals surface area (Å²) in [6.07, 6.45) is 5.14. The van der Waals surface area contributed by atoms with E-state index in [2.05, 4.69) is 20.1 Å². The highest BCUT2D eigenvalue weighted by molar-refractivity contribution is 5.79. The van der Waals surface area contributed by atoms with Crippen LogP contribution in [-0.2, 0) is 30.7 Å². The second-order valence-electron chi connectivity index (χ2n) is 6.87. The molecular formula is C19H24N4O3. The standard InChI is InChI=1S/C19H24N4O3/c1-25-15-7-5-6-13-10-14(12-26-18(13)15)19(24)20-11-17-22-21-16-8-3-2-4-9-23(16)17/h5-7,14H,2-4,8-12H2,1H3,(H,20,24)/t14-/m0/s1. The third-order valence-electron chi connectivity index (χ3n) is 5.15. The van der Waals surface area contributed by atoms with Gasteiger partial charge in [0, 0.05) is 13.0 Å². The van der Waals surface area contributed by atoms with E-state index >= 15 is 0 Å². The second kappa shape index (κ2) is 7.35. The molecule has 0 radical (unpaired) electrons. The molecule has 1 atom stereocenters. The highest BCUT2D eigenvalue weighted by atomic mass is 16.5. The van der Waals surface area contributed by atoms with Gasteiger partial charge < -0.3 is 19.4 Å². The number of para-hydroxylation sites is 1. The lowest BCUT2D eigenvalue weighted by Gasteiger charge is -2.25. The van der Waals surface area contributed by atoms with E-state index in [1.54, 1.807) is 7.11 Å². The number of rotatable bonds is 4. The second-order valence-corrected chi connectivity index (χ2v) is 6.87. The topological polar surface area (TPSA) is 78.3 Å². The molecule has 2 aliphatic heterocycles. The van der Waals surface area contributed by atoms with Crippen molar-refractivity contribution in [1.29, 1.82) is 0 Å². The van der Waals surface area contributed by atoms with Gasteiger partial charge in [-0.15, -0.1) is 10.2 Å². The highest BCUT2D eigenvalue weighted by Gasteiger charge is 2.28. The molecule has 0 saturated heterocycles. The predicted molar refractivity (Wildman–Crippen MR) is 95.1 cm³/mol. The van der Waals surface area contributed by atoms with Crippen molar-refractivity contribution in [3.8, 4) is 11.5 Å². The monoisotopic (exact) mass is 356 g/mol. The van der Waals surface area contributed by atoms with Crippen molar-refractivity contribution in [2.45, 2.75) is 45.2 Å². The molecule has 7 heteroatoms. The molecule has 1 N–H and O–H groups in total. The maximum absolute atomic E-state index is 12.6. The van der Waals surface area contributed by atoms with Gasteiger partial charge in [-0.05, 0) is 30.9 Å². The molecule has 4 rings (SSSR count). The minimum Gasteiger partial charge on any atom is -0.493 e. The van der Waals surface area contributed by atoms with Gasteiger partial charge in [-0.3, -0.25) is 4.79 Å². The van der Waals surface area contributed by atoms with Gasteiger partial charge in [0.2, 0.25) is 5.91 Å². The fourth-order valence-corrected chi connectivity index (χ4v) is 3.71. The van der Waals surface area contributed by atoms with Crippen LogP contribution >= 0.6 is 0 Å². The first kappa shape index (κ1) is 16.9. The first-order valence-electron chi connectivity index (χ1n) is 9.23. The van der Waals surface area contributed by atoms with Crippen LogP contribution in [0.25, 0.3) is 0 Å². The van der Waals surface area contributed by atoms with Gasteiger partial charge in [0.05, 0.1) is 19.6 Å². The number of carbonyl (C=O) groups is 1. The fraction of sp³-hybridized carbons (Fsp3) is 0.526. The Morgan fingerprint density at radius 1 is 1.35 bits per heavy atom. The Morgan fingerprint density at radius 2 is 2.27 bits per heavy atom. The summed E-state index contributed by atoms with van der Waals surface area (Å²) in [5.41, 5.74) is 1.01. The highest BCUT2D eigenvalue weighted by Crippen LogP contribution is 2.36. The van der Waals surface area contributed by atoms with Crippen LogP contribution in [0.3, 0.4) is 0 Å². The normalized spacial score (nSPS) is 18.9. The van der Waals surface area contributed by atoms with Gasteiger partial charge >= 0.3 is 0 Å². The zero-order valence-corrected chi connectivity index (χ0v) is 15.0. The number of aryl methyl sites for hydroxylation is 1. The minimum absolute atomic E-state index is 0.00978. The van der Waals surface area contributed by atoms with E-state index in [0.29, 0.717) is 25.3 Å². The van der Waals surface area contributed by atoms with Crippen LogP contribution < -0.4 is 14.8 Å². The summed E-state index contributed by atoms with van der Waals surface area (Å²) >= 11 is 0. The lowest BCUT2D eigenvalue weighted by atomic mass is 9.95. The molecule has 0 unspecified atom stereocenters. The molecule has 0 spiro atoms. The Morgan fingerprint density at radius 3 is 3.15 bits per heavy atom. The Bertz CT molecular complexity index is 802. The van der Waals surface area contributed by atoms with Crippen LogP contribution in [0.1, 0.15) is 36.5 Å². The SMILES string of the molecule is COc1cccc2c1OC[C@@H](C(=O)NCc1nnc3n1CCCCC3)C2. The van der Waals surface area contributed by atoms with Gasteiger partial charge in [0.25, 0.3) is 0 Å². The van der Waals surface area contributed by atoms with Gasteiger partial charge in [-0.1, -0.05) is 18.6 Å². The first-order chi connectivity index (χ1) is 12.8. The van der Waals surface area contributed by atoms with Crippen LogP contribution in [-0.4, -0.2) is 34.4 Å². The maximum atomic E-state index is 12.6. The molecule has 0 bridgehead atoms. The molecule has 0 fully saturated rings. The summed E-state index contributed by atoms with van der Waals surface area (Å²) in [4.78, 5) is 12.6. The molecule has 0 saturated carbocycles. The number of nitrogens with zero attached hydrogens (tertiary/aromatic N) is 3. The number of aromatic nitrogens is 3. The van der Waals surface area contributed by atoms with E-state index in [4.69, 9.17) is 9.47 Å². The number of amides is 1. The molecule has 138 valence electrons. The maximum Gasteiger partial charge on any atom is 0.227 e. The summed E-state index contributed by atoms with van der Waals surface area (Å²) in [5, 5.41) is 11.6. The van der Waals surface area contributed by atoms with E-state index in [9.17, 15) is 4.79 Å². The Hall–Kier alpha value is -2.57. The van der Waals surface area contributed by atoms with E-state index in [1.807, 2.05) is 18.2 Å². The number of hydrogen-bond acceptors (Lipinski definition) is 5. The quantitative estimate of drug-likeness (QED) is 0.905. The van der Waals surface area contributed by atoms with Crippen LogP contribution in [0.15, 0.2) is 18.2 Å². The smallest absolute Gasteiger partial charge is 0.227 e. The molecule has 26 heavy (non-hydrogen) atoms. The van der Waals surface area contributed by atoms with Crippen molar-refractivity contribution >= 4 is 5.91 Å². The van der Waals surface area contributed by atoms with Crippen LogP contribution in [0.4, 0.5) is 0 Å². The van der Waals surface area contributed by atoms with E-state index in [1.165, 1.54) is 6.42 Å². The summed E-state index contributed by atoms with van der Waals surface area (Å²) < 4.78 is 13.3. The molecule has 1 aromatic heterocycles. The summed E-state index contributed by atoms with van der Waals surface area (Å²) in [6, 6.07) is 5.78. The van der Waals surface area contributed by atoms with Crippen molar-refractivity contribution in [2.24, 2.45) is 5.92 Å². The Balaban J connectivity index is 1.39. The number of ether oxygens (including phenoxy) is 2. The van der Waals surface area contributed by atoms with Gasteiger partial charge in [-0.2, -0.15) is 0 Å². The van der Waals surface area contributed by atoms with Crippen molar-refractivity contribution in [3.63, 3.8) is 0 Å². The minimum atomic E-state index is -0.207. The van der Waals surface area contributed by atoms with Crippen molar-refractivity contribution in [1.82, 2.24) is 20.1 Å². The largest absolute Gasteiger partial charge is 0.493 e. The number of carbonyl (C=O) groups excluding carboxylic acids is 1. The van der Waals surface area contributed by atoms with E-state index < -0.39 is 0 Å². The van der Waals surface area contributed by atoms with Crippen molar-refractivity contribution in [3.05, 3.63) is 35.4 Å². The van der Waals surface area contributed by atoms with Crippen LogP contribution in [0.5, 0.6) is 11.5 Å². The predicted octanol–water partition coefficient (Wildman–Crippen LogP) is 1.88. The number of fused-ring (bicyclic) bond motifs is 2. The molecule has 0 aliphatic carbocycles.